The molecule has 3 rings (SSSR count). The van der Waals surface area contributed by atoms with Gasteiger partial charge in [-0.1, -0.05) is 108 Å². The molecule has 0 aromatic heterocycles. The molecular weight excluding hydrogens is 370 g/mol. The monoisotopic (exact) mass is 405 g/mol. The van der Waals surface area contributed by atoms with Crippen LogP contribution in [0.15, 0.2) is 83.9 Å². The van der Waals surface area contributed by atoms with E-state index in [-0.39, 0.29) is 10.5 Å². The van der Waals surface area contributed by atoms with E-state index < -0.39 is 8.07 Å². The zero-order chi connectivity index (χ0) is 21.3. The van der Waals surface area contributed by atoms with Crippen molar-refractivity contribution in [1.29, 1.82) is 0 Å². The predicted molar refractivity (Wildman–Crippen MR) is 127 cm³/mol. The smallest absolute Gasteiger partial charge is 0.148 e. The van der Waals surface area contributed by atoms with Gasteiger partial charge < -0.3 is 4.84 Å². The topological polar surface area (TPSA) is 12.5 Å². The first-order valence-corrected chi connectivity index (χ1v) is 12.7. The van der Waals surface area contributed by atoms with Gasteiger partial charge in [0.25, 0.3) is 0 Å². The maximum atomic E-state index is 6.27. The first kappa shape index (κ1) is 21.4. The van der Waals surface area contributed by atoms with Gasteiger partial charge in [-0.2, -0.15) is 0 Å². The standard InChI is InChI=1S/C26H35NOSi/c1-8-27-21(19-24(28-27)25(2,3)4)20-29(26(5,6)7,22-15-11-9-12-16-22)23-17-13-10-14-18-23/h9-20H,8H2,1-7H3/b21-20+. The Morgan fingerprint density at radius 2 is 1.31 bits per heavy atom. The Morgan fingerprint density at radius 1 is 0.828 bits per heavy atom. The molecule has 0 fully saturated rings. The highest BCUT2D eigenvalue weighted by atomic mass is 28.3. The van der Waals surface area contributed by atoms with Crippen LogP contribution < -0.4 is 10.4 Å². The largest absolute Gasteiger partial charge is 0.383 e. The summed E-state index contributed by atoms with van der Waals surface area (Å²) in [6.45, 7) is 16.7. The number of hydrogen-bond donors (Lipinski definition) is 0. The van der Waals surface area contributed by atoms with Gasteiger partial charge in [0.2, 0.25) is 0 Å². The van der Waals surface area contributed by atoms with Gasteiger partial charge >= 0.3 is 0 Å². The summed E-state index contributed by atoms with van der Waals surface area (Å²) in [6.07, 6.45) is 2.25. The van der Waals surface area contributed by atoms with E-state index in [1.54, 1.807) is 0 Å². The van der Waals surface area contributed by atoms with E-state index in [0.29, 0.717) is 0 Å². The molecule has 2 aromatic rings. The SMILES string of the molecule is CCN1OC(C(C)(C)C)=C/C1=C\[Si](c1ccccc1)(c1ccccc1)C(C)(C)C. The van der Waals surface area contributed by atoms with Crippen molar-refractivity contribution in [2.75, 3.05) is 6.54 Å². The molecule has 1 aliphatic rings. The van der Waals surface area contributed by atoms with Crippen molar-refractivity contribution in [2.45, 2.75) is 53.5 Å². The van der Waals surface area contributed by atoms with Crippen molar-refractivity contribution < 1.29 is 4.84 Å². The average molecular weight is 406 g/mol. The molecule has 0 aliphatic carbocycles. The number of rotatable bonds is 4. The van der Waals surface area contributed by atoms with Crippen LogP contribution in [0.2, 0.25) is 5.04 Å². The summed E-state index contributed by atoms with van der Waals surface area (Å²) in [4.78, 5) is 6.27. The second-order valence-electron chi connectivity index (χ2n) is 9.90. The summed E-state index contributed by atoms with van der Waals surface area (Å²) >= 11 is 0. The molecule has 2 aromatic carbocycles. The molecule has 1 aliphatic heterocycles. The molecule has 1 heterocycles. The van der Waals surface area contributed by atoms with Gasteiger partial charge in [0.1, 0.15) is 13.8 Å². The molecule has 0 saturated heterocycles. The van der Waals surface area contributed by atoms with Gasteiger partial charge in [-0.25, -0.2) is 5.06 Å². The summed E-state index contributed by atoms with van der Waals surface area (Å²) < 4.78 is 0. The van der Waals surface area contributed by atoms with Crippen LogP contribution in [0.4, 0.5) is 0 Å². The van der Waals surface area contributed by atoms with Crippen molar-refractivity contribution in [3.63, 3.8) is 0 Å². The number of hydrogen-bond acceptors (Lipinski definition) is 2. The Kier molecular flexibility index (Phi) is 5.82. The van der Waals surface area contributed by atoms with Crippen LogP contribution in [0.1, 0.15) is 48.5 Å². The van der Waals surface area contributed by atoms with Crippen LogP contribution >= 0.6 is 0 Å². The fourth-order valence-electron chi connectivity index (χ4n) is 4.16. The zero-order valence-corrected chi connectivity index (χ0v) is 20.0. The Morgan fingerprint density at radius 3 is 1.69 bits per heavy atom. The molecule has 0 radical (unpaired) electrons. The Balaban J connectivity index is 2.32. The molecule has 3 heteroatoms. The van der Waals surface area contributed by atoms with Crippen LogP contribution in [0.3, 0.4) is 0 Å². The third-order valence-corrected chi connectivity index (χ3v) is 11.4. The van der Waals surface area contributed by atoms with E-state index in [2.05, 4.69) is 126 Å². The molecule has 0 amide bonds. The predicted octanol–water partition coefficient (Wildman–Crippen LogP) is 5.67. The van der Waals surface area contributed by atoms with Crippen molar-refractivity contribution in [1.82, 2.24) is 5.06 Å². The zero-order valence-electron chi connectivity index (χ0n) is 19.0. The minimum Gasteiger partial charge on any atom is -0.383 e. The van der Waals surface area contributed by atoms with Gasteiger partial charge in [0, 0.05) is 11.5 Å². The maximum absolute atomic E-state index is 6.27. The molecule has 0 unspecified atom stereocenters. The van der Waals surface area contributed by atoms with Crippen LogP contribution in [-0.4, -0.2) is 19.7 Å². The number of hydroxylamine groups is 2. The third kappa shape index (κ3) is 4.06. The quantitative estimate of drug-likeness (QED) is 0.608. The van der Waals surface area contributed by atoms with Gasteiger partial charge in [-0.15, -0.1) is 0 Å². The van der Waals surface area contributed by atoms with E-state index in [1.165, 1.54) is 16.1 Å². The molecule has 154 valence electrons. The van der Waals surface area contributed by atoms with Gasteiger partial charge in [0.05, 0.1) is 12.2 Å². The fraction of sp³-hybridized carbons (Fsp3) is 0.385. The van der Waals surface area contributed by atoms with Crippen LogP contribution in [0, 0.1) is 5.41 Å². The highest BCUT2D eigenvalue weighted by Gasteiger charge is 2.47. The highest BCUT2D eigenvalue weighted by Crippen LogP contribution is 2.40. The summed E-state index contributed by atoms with van der Waals surface area (Å²) in [6, 6.07) is 22.1. The van der Waals surface area contributed by atoms with Crippen LogP contribution in [0.5, 0.6) is 0 Å². The molecule has 29 heavy (non-hydrogen) atoms. The van der Waals surface area contributed by atoms with E-state index in [9.17, 15) is 0 Å². The molecule has 0 atom stereocenters. The van der Waals surface area contributed by atoms with E-state index in [1.807, 2.05) is 0 Å². The first-order valence-electron chi connectivity index (χ1n) is 10.6. The summed E-state index contributed by atoms with van der Waals surface area (Å²) in [7, 11) is -2.29. The maximum Gasteiger partial charge on any atom is 0.148 e. The Labute approximate surface area is 177 Å². The minimum atomic E-state index is -2.29. The van der Waals surface area contributed by atoms with Gasteiger partial charge in [-0.3, -0.25) is 0 Å². The molecule has 0 saturated carbocycles. The first-order chi connectivity index (χ1) is 13.6. The van der Waals surface area contributed by atoms with E-state index in [0.717, 1.165) is 12.3 Å². The number of nitrogens with zero attached hydrogens (tertiary/aromatic N) is 1. The van der Waals surface area contributed by atoms with Crippen molar-refractivity contribution in [3.05, 3.63) is 83.9 Å². The summed E-state index contributed by atoms with van der Waals surface area (Å²) in [5, 5.41) is 5.00. The average Bonchev–Trinajstić information content (AvgIpc) is 3.10. The normalized spacial score (nSPS) is 16.7. The lowest BCUT2D eigenvalue weighted by molar-refractivity contribution is -0.0817. The summed E-state index contributed by atoms with van der Waals surface area (Å²) in [5.41, 5.74) is 3.72. The van der Waals surface area contributed by atoms with Crippen LogP contribution in [-0.2, 0) is 4.84 Å². The van der Waals surface area contributed by atoms with E-state index >= 15 is 0 Å². The second kappa shape index (κ2) is 7.87. The minimum absolute atomic E-state index is 0.0194. The lowest BCUT2D eigenvalue weighted by Gasteiger charge is -2.42. The molecular formula is C26H35NOSi. The lowest BCUT2D eigenvalue weighted by atomic mass is 9.94. The third-order valence-electron chi connectivity index (χ3n) is 5.81. The second-order valence-corrected chi connectivity index (χ2v) is 14.5. The molecule has 0 spiro atoms. The van der Waals surface area contributed by atoms with Crippen molar-refractivity contribution >= 4 is 18.4 Å². The van der Waals surface area contributed by atoms with Crippen LogP contribution in [0.25, 0.3) is 0 Å². The van der Waals surface area contributed by atoms with Crippen molar-refractivity contribution in [2.24, 2.45) is 5.41 Å². The highest BCUT2D eigenvalue weighted by molar-refractivity contribution is 7.07. The Bertz CT molecular complexity index is 846. The van der Waals surface area contributed by atoms with E-state index in [4.69, 9.17) is 4.84 Å². The fourth-order valence-corrected chi connectivity index (χ4v) is 9.10. The van der Waals surface area contributed by atoms with Crippen molar-refractivity contribution in [3.8, 4) is 0 Å². The number of likely N-dealkylation sites (N-methyl/N-ethyl adjacent to an activating group) is 1. The number of allylic oxidation sites excluding steroid dienone is 2. The van der Waals surface area contributed by atoms with Gasteiger partial charge in [-0.05, 0) is 22.3 Å². The summed E-state index contributed by atoms with van der Waals surface area (Å²) in [5.74, 6) is 1.03. The lowest BCUT2D eigenvalue weighted by Crippen LogP contribution is -2.63. The van der Waals surface area contributed by atoms with Gasteiger partial charge in [0.15, 0.2) is 0 Å². The molecule has 2 nitrogen and oxygen atoms in total. The molecule has 0 bridgehead atoms. The number of benzene rings is 2. The molecule has 0 N–H and O–H groups in total. The Hall–Kier alpha value is -2.26.